The van der Waals surface area contributed by atoms with Gasteiger partial charge in [-0.05, 0) is 92.4 Å². The van der Waals surface area contributed by atoms with Crippen molar-refractivity contribution >= 4 is 24.0 Å². The lowest BCUT2D eigenvalue weighted by molar-refractivity contribution is 0.0218. The van der Waals surface area contributed by atoms with Gasteiger partial charge < -0.3 is 29.0 Å². The van der Waals surface area contributed by atoms with Crippen LogP contribution < -0.4 is 0 Å². The minimum atomic E-state index is -0.685. The maximum absolute atomic E-state index is 13.2. The van der Waals surface area contributed by atoms with Crippen LogP contribution in [0.5, 0.6) is 0 Å². The van der Waals surface area contributed by atoms with Crippen LogP contribution in [0.2, 0.25) is 0 Å². The molecule has 13 heteroatoms. The lowest BCUT2D eigenvalue weighted by Gasteiger charge is -2.30. The third-order valence-corrected chi connectivity index (χ3v) is 8.82. The highest BCUT2D eigenvalue weighted by atomic mass is 16.6. The van der Waals surface area contributed by atoms with Gasteiger partial charge in [-0.2, -0.15) is 0 Å². The van der Waals surface area contributed by atoms with Crippen LogP contribution in [-0.4, -0.2) is 102 Å². The normalized spacial score (nSPS) is 11.3. The number of methoxy groups -OCH3 is 3. The summed E-state index contributed by atoms with van der Waals surface area (Å²) in [6.07, 6.45) is -0.0569. The summed E-state index contributed by atoms with van der Waals surface area (Å²) in [4.78, 5) is 61.2. The number of pyridine rings is 1. The molecule has 4 rings (SSSR count). The van der Waals surface area contributed by atoms with Crippen LogP contribution in [0.15, 0.2) is 91.0 Å². The Balaban J connectivity index is 1.62. The number of benzene rings is 3. The van der Waals surface area contributed by atoms with Crippen LogP contribution in [0.1, 0.15) is 86.3 Å². The Morgan fingerprint density at radius 2 is 1.00 bits per heavy atom. The van der Waals surface area contributed by atoms with Gasteiger partial charge in [0.25, 0.3) is 0 Å². The number of carbonyl (C=O) groups is 4. The summed E-state index contributed by atoms with van der Waals surface area (Å²) in [7, 11) is 4.05. The molecular weight excluding hydrogens is 729 g/mol. The van der Waals surface area contributed by atoms with E-state index in [4.69, 9.17) is 23.9 Å². The molecule has 1 amide bonds. The predicted octanol–water partition coefficient (Wildman–Crippen LogP) is 6.27. The van der Waals surface area contributed by atoms with Gasteiger partial charge >= 0.3 is 24.0 Å². The summed E-state index contributed by atoms with van der Waals surface area (Å²) in [5.74, 6) is -1.28. The summed E-state index contributed by atoms with van der Waals surface area (Å²) in [5.41, 5.74) is 4.90. The lowest BCUT2D eigenvalue weighted by Crippen LogP contribution is -2.42. The van der Waals surface area contributed by atoms with E-state index in [1.54, 1.807) is 29.2 Å². The first-order valence-corrected chi connectivity index (χ1v) is 18.8. The molecule has 0 aliphatic rings. The quantitative estimate of drug-likeness (QED) is 0.0845. The molecule has 57 heavy (non-hydrogen) atoms. The molecule has 0 spiro atoms. The van der Waals surface area contributed by atoms with E-state index < -0.39 is 29.6 Å². The van der Waals surface area contributed by atoms with Crippen molar-refractivity contribution in [3.63, 3.8) is 0 Å². The zero-order valence-corrected chi connectivity index (χ0v) is 33.7. The van der Waals surface area contributed by atoms with Crippen LogP contribution in [0.4, 0.5) is 4.79 Å². The van der Waals surface area contributed by atoms with Crippen molar-refractivity contribution < 1.29 is 43.2 Å². The van der Waals surface area contributed by atoms with Crippen LogP contribution in [-0.2, 0) is 51.7 Å². The smallest absolute Gasteiger partial charge is 0.410 e. The average molecular weight is 783 g/mol. The van der Waals surface area contributed by atoms with E-state index in [0.717, 1.165) is 28.1 Å². The van der Waals surface area contributed by atoms with Crippen molar-refractivity contribution in [1.29, 1.82) is 0 Å². The Hall–Kier alpha value is -5.63. The maximum Gasteiger partial charge on any atom is 0.410 e. The van der Waals surface area contributed by atoms with Crippen LogP contribution in [0.3, 0.4) is 0 Å². The van der Waals surface area contributed by atoms with Gasteiger partial charge in [0.15, 0.2) is 0 Å². The number of hydrogen-bond donors (Lipinski definition) is 1. The Labute approximate surface area is 335 Å². The number of carbonyl (C=O) groups excluding carboxylic acids is 4. The number of aromatic nitrogens is 1. The van der Waals surface area contributed by atoms with Crippen molar-refractivity contribution in [3.8, 4) is 0 Å². The number of ether oxygens (including phenoxy) is 4. The fraction of sp³-hybridized carbons (Fsp3) is 0.386. The highest BCUT2D eigenvalue weighted by Gasteiger charge is 2.23. The molecule has 1 aromatic heterocycles. The number of nitrogens with zero attached hydrogens (tertiary/aromatic N) is 4. The maximum atomic E-state index is 13.2. The minimum absolute atomic E-state index is 0.0650. The summed E-state index contributed by atoms with van der Waals surface area (Å²) in [6.45, 7) is 8.71. The van der Waals surface area contributed by atoms with E-state index in [-0.39, 0.29) is 6.61 Å². The second kappa shape index (κ2) is 21.6. The molecule has 0 atom stereocenters. The molecule has 0 aliphatic heterocycles. The first-order chi connectivity index (χ1) is 27.3. The summed E-state index contributed by atoms with van der Waals surface area (Å²) in [5, 5.41) is 9.55. The van der Waals surface area contributed by atoms with Crippen molar-refractivity contribution in [2.45, 2.75) is 65.5 Å². The van der Waals surface area contributed by atoms with E-state index in [1.807, 2.05) is 87.5 Å². The van der Waals surface area contributed by atoms with E-state index >= 15 is 0 Å². The van der Waals surface area contributed by atoms with Gasteiger partial charge in [0.2, 0.25) is 0 Å². The molecule has 0 unspecified atom stereocenters. The van der Waals surface area contributed by atoms with Gasteiger partial charge in [0.05, 0.1) is 49.4 Å². The van der Waals surface area contributed by atoms with E-state index in [9.17, 15) is 24.3 Å². The summed E-state index contributed by atoms with van der Waals surface area (Å²) >= 11 is 0. The number of esters is 3. The van der Waals surface area contributed by atoms with Crippen LogP contribution >= 0.6 is 0 Å². The molecule has 4 aromatic rings. The monoisotopic (exact) mass is 782 g/mol. The molecule has 0 fully saturated rings. The Bertz CT molecular complexity index is 1900. The van der Waals surface area contributed by atoms with Crippen molar-refractivity contribution in [2.24, 2.45) is 0 Å². The van der Waals surface area contributed by atoms with Crippen molar-refractivity contribution in [2.75, 3.05) is 47.6 Å². The Morgan fingerprint density at radius 3 is 1.42 bits per heavy atom. The van der Waals surface area contributed by atoms with E-state index in [0.29, 0.717) is 75.5 Å². The fourth-order valence-corrected chi connectivity index (χ4v) is 6.21. The van der Waals surface area contributed by atoms with Gasteiger partial charge in [-0.3, -0.25) is 14.8 Å². The third-order valence-electron chi connectivity index (χ3n) is 8.82. The van der Waals surface area contributed by atoms with Gasteiger partial charge in [0, 0.05) is 59.0 Å². The zero-order valence-electron chi connectivity index (χ0n) is 33.7. The molecular formula is C44H54N4O9. The van der Waals surface area contributed by atoms with Crippen LogP contribution in [0, 0.1) is 0 Å². The second-order valence-corrected chi connectivity index (χ2v) is 14.6. The molecule has 0 bridgehead atoms. The first-order valence-electron chi connectivity index (χ1n) is 18.8. The van der Waals surface area contributed by atoms with Gasteiger partial charge in [-0.25, -0.2) is 19.2 Å². The topological polar surface area (TPSA) is 148 Å². The standard InChI is InChI=1S/C44H54N4O9/c1-44(2,3)57-43(53)48(20-11-23-49)22-21-46(27-32-12-7-15-35(24-32)40(50)54-4)30-38-18-10-19-39(45-38)31-47(28-33-13-8-16-36(25-33)41(51)55-5)29-34-14-9-17-37(26-34)42(52)56-6/h7-10,12-19,24-26,49H,11,20-23,27-31H2,1-6H3. The number of rotatable bonds is 19. The van der Waals surface area contributed by atoms with E-state index in [1.165, 1.54) is 21.3 Å². The number of amides is 1. The summed E-state index contributed by atoms with van der Waals surface area (Å²) < 4.78 is 20.5. The predicted molar refractivity (Wildman–Crippen MR) is 214 cm³/mol. The zero-order chi connectivity index (χ0) is 41.4. The highest BCUT2D eigenvalue weighted by molar-refractivity contribution is 5.90. The van der Waals surface area contributed by atoms with Crippen molar-refractivity contribution in [1.82, 2.24) is 19.7 Å². The highest BCUT2D eigenvalue weighted by Crippen LogP contribution is 2.19. The van der Waals surface area contributed by atoms with Gasteiger partial charge in [-0.15, -0.1) is 0 Å². The Morgan fingerprint density at radius 1 is 0.579 bits per heavy atom. The molecule has 304 valence electrons. The largest absolute Gasteiger partial charge is 0.465 e. The molecule has 1 N–H and O–H groups in total. The molecule has 0 saturated heterocycles. The average Bonchev–Trinajstić information content (AvgIpc) is 3.19. The molecule has 0 radical (unpaired) electrons. The second-order valence-electron chi connectivity index (χ2n) is 14.6. The third kappa shape index (κ3) is 14.4. The lowest BCUT2D eigenvalue weighted by atomic mass is 10.1. The number of aliphatic hydroxyl groups is 1. The van der Waals surface area contributed by atoms with Gasteiger partial charge in [0.1, 0.15) is 5.60 Å². The summed E-state index contributed by atoms with van der Waals surface area (Å²) in [6, 6.07) is 27.7. The molecule has 0 saturated carbocycles. The van der Waals surface area contributed by atoms with E-state index in [2.05, 4.69) is 9.80 Å². The Kier molecular flexibility index (Phi) is 16.7. The van der Waals surface area contributed by atoms with Crippen molar-refractivity contribution in [3.05, 3.63) is 136 Å². The fourth-order valence-electron chi connectivity index (χ4n) is 6.21. The number of hydrogen-bond acceptors (Lipinski definition) is 12. The number of aliphatic hydroxyl groups excluding tert-OH is 1. The minimum Gasteiger partial charge on any atom is -0.465 e. The SMILES string of the molecule is COC(=O)c1cccc(CN(CCN(CCCO)C(=O)OC(C)(C)C)Cc2cccc(CN(Cc3cccc(C(=O)OC)c3)Cc3cccc(C(=O)OC)c3)n2)c1. The van der Waals surface area contributed by atoms with Crippen LogP contribution in [0.25, 0.3) is 0 Å². The molecule has 13 nitrogen and oxygen atoms in total. The molecule has 0 aliphatic carbocycles. The first kappa shape index (κ1) is 44.1. The molecule has 3 aromatic carbocycles. The molecule has 1 heterocycles. The van der Waals surface area contributed by atoms with Gasteiger partial charge in [-0.1, -0.05) is 42.5 Å².